The van der Waals surface area contributed by atoms with Gasteiger partial charge in [0.15, 0.2) is 0 Å². The number of nitrogen functional groups attached to an aromatic ring is 1. The fraction of sp³-hybridized carbons (Fsp3) is 0.312. The number of nitrogens with two attached hydrogens (primary N) is 1. The molecule has 1 aromatic rings. The lowest BCUT2D eigenvalue weighted by atomic mass is 9.98. The Balaban J connectivity index is 2.44. The van der Waals surface area contributed by atoms with Crippen molar-refractivity contribution >= 4 is 29.5 Å². The van der Waals surface area contributed by atoms with Crippen LogP contribution >= 0.6 is 0 Å². The zero-order valence-corrected chi connectivity index (χ0v) is 12.8. The van der Waals surface area contributed by atoms with Gasteiger partial charge in [-0.3, -0.25) is 19.3 Å². The van der Waals surface area contributed by atoms with Crippen molar-refractivity contribution in [1.82, 2.24) is 10.2 Å². The molecule has 0 bridgehead atoms. The molecule has 1 aliphatic heterocycles. The Kier molecular flexibility index (Phi) is 4.30. The highest BCUT2D eigenvalue weighted by Crippen LogP contribution is 2.22. The third-order valence-corrected chi connectivity index (χ3v) is 3.52. The van der Waals surface area contributed by atoms with Crippen molar-refractivity contribution in [1.29, 1.82) is 0 Å². The number of carbonyl (C=O) groups excluding carboxylic acids is 3. The molecule has 0 saturated carbocycles. The number of amides is 3. The van der Waals surface area contributed by atoms with Gasteiger partial charge in [0.2, 0.25) is 11.8 Å². The first-order valence-corrected chi connectivity index (χ1v) is 7.04. The van der Waals surface area contributed by atoms with Crippen LogP contribution in [0.4, 0.5) is 5.69 Å². The fourth-order valence-electron chi connectivity index (χ4n) is 2.47. The summed E-state index contributed by atoms with van der Waals surface area (Å²) in [6, 6.07) is 6.18. The summed E-state index contributed by atoms with van der Waals surface area (Å²) in [5, 5.41) is 2.58. The smallest absolute Gasteiger partial charge is 0.277 e. The molecule has 1 aliphatic rings. The molecule has 0 aliphatic carbocycles. The third-order valence-electron chi connectivity index (χ3n) is 3.52. The van der Waals surface area contributed by atoms with Crippen LogP contribution in [0.25, 0.3) is 6.08 Å². The van der Waals surface area contributed by atoms with E-state index < -0.39 is 17.9 Å². The number of carbonyl (C=O) groups is 3. The molecule has 1 saturated heterocycles. The molecule has 3 amide bonds. The first kappa shape index (κ1) is 15.8. The van der Waals surface area contributed by atoms with Gasteiger partial charge in [-0.05, 0) is 23.6 Å². The molecular formula is C16H19N3O3. The number of rotatable bonds is 2. The molecule has 1 atom stereocenters. The molecule has 0 unspecified atom stereocenters. The summed E-state index contributed by atoms with van der Waals surface area (Å²) in [4.78, 5) is 37.6. The molecular weight excluding hydrogens is 282 g/mol. The molecule has 3 N–H and O–H groups in total. The second kappa shape index (κ2) is 6.01. The highest BCUT2D eigenvalue weighted by Gasteiger charge is 2.41. The Bertz CT molecular complexity index is 664. The van der Waals surface area contributed by atoms with E-state index in [9.17, 15) is 14.4 Å². The topological polar surface area (TPSA) is 92.5 Å². The minimum Gasteiger partial charge on any atom is -0.398 e. The molecule has 1 fully saturated rings. The molecule has 22 heavy (non-hydrogen) atoms. The van der Waals surface area contributed by atoms with Crippen LogP contribution in [-0.4, -0.2) is 28.7 Å². The highest BCUT2D eigenvalue weighted by atomic mass is 16.2. The maximum Gasteiger partial charge on any atom is 0.277 e. The van der Waals surface area contributed by atoms with Crippen molar-refractivity contribution in [3.63, 3.8) is 0 Å². The molecule has 1 heterocycles. The second-order valence-electron chi connectivity index (χ2n) is 5.56. The van der Waals surface area contributed by atoms with E-state index in [0.717, 1.165) is 4.90 Å². The van der Waals surface area contributed by atoms with Gasteiger partial charge >= 0.3 is 0 Å². The zero-order valence-electron chi connectivity index (χ0n) is 12.8. The van der Waals surface area contributed by atoms with E-state index in [-0.39, 0.29) is 17.5 Å². The van der Waals surface area contributed by atoms with Gasteiger partial charge < -0.3 is 11.1 Å². The van der Waals surface area contributed by atoms with Crippen LogP contribution in [0.3, 0.4) is 0 Å². The number of hydrogen-bond donors (Lipinski definition) is 2. The maximum atomic E-state index is 12.5. The Morgan fingerprint density at radius 2 is 1.95 bits per heavy atom. The van der Waals surface area contributed by atoms with E-state index in [1.54, 1.807) is 38.1 Å². The Labute approximate surface area is 129 Å². The summed E-state index contributed by atoms with van der Waals surface area (Å²) in [7, 11) is 0. The zero-order chi connectivity index (χ0) is 16.4. The normalized spacial score (nSPS) is 20.5. The van der Waals surface area contributed by atoms with Crippen molar-refractivity contribution < 1.29 is 14.4 Å². The Morgan fingerprint density at radius 1 is 1.32 bits per heavy atom. The van der Waals surface area contributed by atoms with E-state index in [2.05, 4.69) is 5.32 Å². The van der Waals surface area contributed by atoms with E-state index >= 15 is 0 Å². The van der Waals surface area contributed by atoms with Crippen LogP contribution in [0.5, 0.6) is 0 Å². The number of piperazine rings is 1. The number of nitrogens with one attached hydrogen (secondary N) is 1. The van der Waals surface area contributed by atoms with E-state index in [0.29, 0.717) is 11.3 Å². The van der Waals surface area contributed by atoms with Gasteiger partial charge in [-0.1, -0.05) is 32.0 Å². The summed E-state index contributed by atoms with van der Waals surface area (Å²) >= 11 is 0. The third kappa shape index (κ3) is 2.86. The van der Waals surface area contributed by atoms with Gasteiger partial charge in [-0.2, -0.15) is 0 Å². The van der Waals surface area contributed by atoms with Crippen molar-refractivity contribution in [3.05, 3.63) is 35.5 Å². The van der Waals surface area contributed by atoms with Crippen molar-refractivity contribution in [3.8, 4) is 0 Å². The minimum atomic E-state index is -0.796. The van der Waals surface area contributed by atoms with E-state index in [1.807, 2.05) is 0 Å². The molecule has 6 heteroatoms. The van der Waals surface area contributed by atoms with Crippen molar-refractivity contribution in [2.75, 3.05) is 5.73 Å². The van der Waals surface area contributed by atoms with Gasteiger partial charge in [-0.25, -0.2) is 0 Å². The Morgan fingerprint density at radius 3 is 2.50 bits per heavy atom. The van der Waals surface area contributed by atoms with Gasteiger partial charge in [0.1, 0.15) is 11.7 Å². The largest absolute Gasteiger partial charge is 0.398 e. The SMILES string of the molecule is CC(=O)N1C(=O)/C(=C\c2ccccc2N)NC(=O)[C@@H]1C(C)C. The average Bonchev–Trinajstić information content (AvgIpc) is 2.43. The van der Waals surface area contributed by atoms with Crippen LogP contribution in [0, 0.1) is 5.92 Å². The van der Waals surface area contributed by atoms with E-state index in [4.69, 9.17) is 5.73 Å². The summed E-state index contributed by atoms with van der Waals surface area (Å²) in [5.41, 5.74) is 6.98. The summed E-state index contributed by atoms with van der Waals surface area (Å²) in [6.07, 6.45) is 1.49. The second-order valence-corrected chi connectivity index (χ2v) is 5.56. The summed E-state index contributed by atoms with van der Waals surface area (Å²) in [6.45, 7) is 4.86. The Hall–Kier alpha value is -2.63. The first-order valence-electron chi connectivity index (χ1n) is 7.04. The standard InChI is InChI=1S/C16H19N3O3/c1-9(2)14-15(21)18-13(16(22)19(14)10(3)20)8-11-6-4-5-7-12(11)17/h4-9,14H,17H2,1-3H3,(H,18,21)/b13-8+/t14-/m0/s1. The van der Waals surface area contributed by atoms with Gasteiger partial charge in [-0.15, -0.1) is 0 Å². The lowest BCUT2D eigenvalue weighted by molar-refractivity contribution is -0.153. The number of benzene rings is 1. The number of anilines is 1. The number of hydrogen-bond acceptors (Lipinski definition) is 4. The monoisotopic (exact) mass is 301 g/mol. The van der Waals surface area contributed by atoms with Crippen molar-refractivity contribution in [2.24, 2.45) is 5.92 Å². The predicted molar refractivity (Wildman–Crippen MR) is 83.1 cm³/mol. The quantitative estimate of drug-likeness (QED) is 0.633. The number of nitrogens with zero attached hydrogens (tertiary/aromatic N) is 1. The highest BCUT2D eigenvalue weighted by molar-refractivity contribution is 6.14. The molecule has 6 nitrogen and oxygen atoms in total. The lowest BCUT2D eigenvalue weighted by Crippen LogP contribution is -2.60. The molecule has 0 spiro atoms. The average molecular weight is 301 g/mol. The lowest BCUT2D eigenvalue weighted by Gasteiger charge is -2.36. The van der Waals surface area contributed by atoms with Crippen molar-refractivity contribution in [2.45, 2.75) is 26.8 Å². The van der Waals surface area contributed by atoms with Gasteiger partial charge in [0.05, 0.1) is 0 Å². The van der Waals surface area contributed by atoms with Crippen LogP contribution in [0.2, 0.25) is 0 Å². The maximum absolute atomic E-state index is 12.5. The van der Waals surface area contributed by atoms with E-state index in [1.165, 1.54) is 13.0 Å². The van der Waals surface area contributed by atoms with Crippen LogP contribution in [-0.2, 0) is 14.4 Å². The van der Waals surface area contributed by atoms with Crippen LogP contribution in [0.15, 0.2) is 30.0 Å². The molecule has 0 aromatic heterocycles. The molecule has 116 valence electrons. The van der Waals surface area contributed by atoms with Gasteiger partial charge in [0.25, 0.3) is 5.91 Å². The first-order chi connectivity index (χ1) is 10.3. The number of para-hydroxylation sites is 1. The van der Waals surface area contributed by atoms with Crippen LogP contribution < -0.4 is 11.1 Å². The van der Waals surface area contributed by atoms with Crippen LogP contribution in [0.1, 0.15) is 26.3 Å². The number of imide groups is 1. The molecule has 2 rings (SSSR count). The summed E-state index contributed by atoms with van der Waals surface area (Å²) < 4.78 is 0. The summed E-state index contributed by atoms with van der Waals surface area (Å²) in [5.74, 6) is -1.51. The molecule has 1 aromatic carbocycles. The molecule has 0 radical (unpaired) electrons. The van der Waals surface area contributed by atoms with Gasteiger partial charge in [0, 0.05) is 12.6 Å². The predicted octanol–water partition coefficient (Wildman–Crippen LogP) is 1.14. The minimum absolute atomic E-state index is 0.0509. The fourth-order valence-corrected chi connectivity index (χ4v) is 2.47.